The zero-order valence-electron chi connectivity index (χ0n) is 11.1. The minimum Gasteiger partial charge on any atom is -0.368 e. The quantitative estimate of drug-likeness (QED) is 0.791. The Morgan fingerprint density at radius 3 is 2.71 bits per heavy atom. The summed E-state index contributed by atoms with van der Waals surface area (Å²) in [6, 6.07) is 0. The van der Waals surface area contributed by atoms with Crippen LogP contribution in [0.3, 0.4) is 0 Å². The number of hydrogen-bond acceptors (Lipinski definition) is 2. The summed E-state index contributed by atoms with van der Waals surface area (Å²) in [4.78, 5) is 11.8. The minimum atomic E-state index is -0.262. The third-order valence-corrected chi connectivity index (χ3v) is 3.11. The van der Waals surface area contributed by atoms with Gasteiger partial charge in [0.2, 0.25) is 5.91 Å². The molecule has 0 spiro atoms. The van der Waals surface area contributed by atoms with Crippen molar-refractivity contribution in [1.82, 2.24) is 5.32 Å². The van der Waals surface area contributed by atoms with Gasteiger partial charge in [-0.1, -0.05) is 20.8 Å². The van der Waals surface area contributed by atoms with E-state index in [1.54, 1.807) is 0 Å². The molecule has 1 rings (SSSR count). The molecule has 100 valence electrons. The molecule has 1 amide bonds. The Labute approximate surface area is 109 Å². The molecule has 0 saturated carbocycles. The average Bonchev–Trinajstić information content (AvgIpc) is 2.25. The number of alkyl halides is 1. The molecule has 0 bridgehead atoms. The fourth-order valence-corrected chi connectivity index (χ4v) is 2.55. The largest absolute Gasteiger partial charge is 0.368 e. The van der Waals surface area contributed by atoms with E-state index in [9.17, 15) is 4.79 Å². The van der Waals surface area contributed by atoms with Crippen LogP contribution in [0, 0.1) is 5.41 Å². The zero-order chi connectivity index (χ0) is 12.9. The summed E-state index contributed by atoms with van der Waals surface area (Å²) in [6.45, 7) is 7.67. The number of amides is 1. The SMILES string of the molecule is CC(C)(C)CC(Cl)CNC(=O)C1CCCCO1. The van der Waals surface area contributed by atoms with Crippen molar-refractivity contribution in [2.75, 3.05) is 13.2 Å². The maximum Gasteiger partial charge on any atom is 0.249 e. The maximum absolute atomic E-state index is 11.8. The summed E-state index contributed by atoms with van der Waals surface area (Å²) in [5.74, 6) is -0.00995. The van der Waals surface area contributed by atoms with Crippen LogP contribution in [0.4, 0.5) is 0 Å². The van der Waals surface area contributed by atoms with E-state index >= 15 is 0 Å². The van der Waals surface area contributed by atoms with Gasteiger partial charge in [-0.15, -0.1) is 11.6 Å². The second-order valence-corrected chi connectivity index (χ2v) is 6.58. The van der Waals surface area contributed by atoms with E-state index in [0.717, 1.165) is 25.7 Å². The van der Waals surface area contributed by atoms with Crippen LogP contribution in [-0.4, -0.2) is 30.5 Å². The number of nitrogens with one attached hydrogen (secondary N) is 1. The van der Waals surface area contributed by atoms with E-state index < -0.39 is 0 Å². The third kappa shape index (κ3) is 6.27. The van der Waals surface area contributed by atoms with Crippen LogP contribution in [0.25, 0.3) is 0 Å². The maximum atomic E-state index is 11.8. The summed E-state index contributed by atoms with van der Waals surface area (Å²) in [5, 5.41) is 2.87. The summed E-state index contributed by atoms with van der Waals surface area (Å²) in [5.41, 5.74) is 0.193. The first-order valence-electron chi connectivity index (χ1n) is 6.42. The van der Waals surface area contributed by atoms with E-state index in [1.807, 2.05) is 0 Å². The van der Waals surface area contributed by atoms with Crippen LogP contribution < -0.4 is 5.32 Å². The molecule has 1 saturated heterocycles. The van der Waals surface area contributed by atoms with Crippen molar-refractivity contribution < 1.29 is 9.53 Å². The first-order chi connectivity index (χ1) is 7.88. The first-order valence-corrected chi connectivity index (χ1v) is 6.85. The lowest BCUT2D eigenvalue weighted by atomic mass is 9.90. The van der Waals surface area contributed by atoms with E-state index in [-0.39, 0.29) is 22.8 Å². The molecular formula is C13H24ClNO2. The standard InChI is InChI=1S/C13H24ClNO2/c1-13(2,3)8-10(14)9-15-12(16)11-6-4-5-7-17-11/h10-11H,4-9H2,1-3H3,(H,15,16). The number of rotatable bonds is 4. The van der Waals surface area contributed by atoms with Crippen LogP contribution in [0.5, 0.6) is 0 Å². The number of ether oxygens (including phenoxy) is 1. The van der Waals surface area contributed by atoms with Gasteiger partial charge in [-0.05, 0) is 31.1 Å². The Morgan fingerprint density at radius 1 is 1.47 bits per heavy atom. The molecule has 1 fully saturated rings. The topological polar surface area (TPSA) is 38.3 Å². The molecule has 0 radical (unpaired) electrons. The van der Waals surface area contributed by atoms with Gasteiger partial charge in [-0.3, -0.25) is 4.79 Å². The van der Waals surface area contributed by atoms with Crippen molar-refractivity contribution in [2.45, 2.75) is 57.9 Å². The lowest BCUT2D eigenvalue weighted by Gasteiger charge is -2.24. The normalized spacial score (nSPS) is 23.2. The van der Waals surface area contributed by atoms with Crippen LogP contribution in [0.2, 0.25) is 0 Å². The fourth-order valence-electron chi connectivity index (χ4n) is 2.01. The predicted octanol–water partition coefficient (Wildman–Crippen LogP) is 2.72. The lowest BCUT2D eigenvalue weighted by Crippen LogP contribution is -2.41. The highest BCUT2D eigenvalue weighted by atomic mass is 35.5. The van der Waals surface area contributed by atoms with Crippen molar-refractivity contribution in [1.29, 1.82) is 0 Å². The molecule has 1 aliphatic heterocycles. The molecule has 3 nitrogen and oxygen atoms in total. The lowest BCUT2D eigenvalue weighted by molar-refractivity contribution is -0.135. The van der Waals surface area contributed by atoms with E-state index in [0.29, 0.717) is 13.2 Å². The van der Waals surface area contributed by atoms with Gasteiger partial charge < -0.3 is 10.1 Å². The minimum absolute atomic E-state index is 0.00995. The molecule has 2 unspecified atom stereocenters. The summed E-state index contributed by atoms with van der Waals surface area (Å²) in [7, 11) is 0. The smallest absolute Gasteiger partial charge is 0.249 e. The van der Waals surface area contributed by atoms with E-state index in [1.165, 1.54) is 0 Å². The highest BCUT2D eigenvalue weighted by Gasteiger charge is 2.23. The van der Waals surface area contributed by atoms with Gasteiger partial charge in [0.25, 0.3) is 0 Å². The second kappa shape index (κ2) is 6.60. The molecule has 0 aromatic rings. The molecule has 1 aliphatic rings. The third-order valence-electron chi connectivity index (χ3n) is 2.80. The molecule has 0 aromatic heterocycles. The monoisotopic (exact) mass is 261 g/mol. The Morgan fingerprint density at radius 2 is 2.18 bits per heavy atom. The van der Waals surface area contributed by atoms with E-state index in [4.69, 9.17) is 16.3 Å². The van der Waals surface area contributed by atoms with Gasteiger partial charge in [0.05, 0.1) is 5.38 Å². The number of carbonyl (C=O) groups is 1. The van der Waals surface area contributed by atoms with Gasteiger partial charge in [0.15, 0.2) is 0 Å². The van der Waals surface area contributed by atoms with Crippen molar-refractivity contribution in [2.24, 2.45) is 5.41 Å². The average molecular weight is 262 g/mol. The molecule has 0 aliphatic carbocycles. The first kappa shape index (κ1) is 14.8. The van der Waals surface area contributed by atoms with Crippen molar-refractivity contribution in [3.63, 3.8) is 0 Å². The summed E-state index contributed by atoms with van der Waals surface area (Å²) >= 11 is 6.19. The summed E-state index contributed by atoms with van der Waals surface area (Å²) < 4.78 is 5.42. The second-order valence-electron chi connectivity index (χ2n) is 5.96. The Balaban J connectivity index is 2.22. The number of hydrogen-bond donors (Lipinski definition) is 1. The molecule has 4 heteroatoms. The predicted molar refractivity (Wildman–Crippen MR) is 70.3 cm³/mol. The Hall–Kier alpha value is -0.280. The Bertz CT molecular complexity index is 244. The van der Waals surface area contributed by atoms with Gasteiger partial charge in [-0.2, -0.15) is 0 Å². The fraction of sp³-hybridized carbons (Fsp3) is 0.923. The van der Waals surface area contributed by atoms with Crippen molar-refractivity contribution >= 4 is 17.5 Å². The summed E-state index contributed by atoms with van der Waals surface area (Å²) in [6.07, 6.45) is 3.59. The van der Waals surface area contributed by atoms with Gasteiger partial charge in [0.1, 0.15) is 6.10 Å². The van der Waals surface area contributed by atoms with Crippen LogP contribution in [-0.2, 0) is 9.53 Å². The van der Waals surface area contributed by atoms with Crippen LogP contribution in [0.1, 0.15) is 46.5 Å². The zero-order valence-corrected chi connectivity index (χ0v) is 11.8. The molecule has 0 aromatic carbocycles. The number of carbonyl (C=O) groups excluding carboxylic acids is 1. The highest BCUT2D eigenvalue weighted by Crippen LogP contribution is 2.23. The van der Waals surface area contributed by atoms with Crippen molar-refractivity contribution in [3.05, 3.63) is 0 Å². The molecule has 2 atom stereocenters. The van der Waals surface area contributed by atoms with Crippen LogP contribution >= 0.6 is 11.6 Å². The van der Waals surface area contributed by atoms with Gasteiger partial charge >= 0.3 is 0 Å². The highest BCUT2D eigenvalue weighted by molar-refractivity contribution is 6.20. The van der Waals surface area contributed by atoms with Gasteiger partial charge in [0, 0.05) is 13.2 Å². The molecular weight excluding hydrogens is 238 g/mol. The molecule has 17 heavy (non-hydrogen) atoms. The van der Waals surface area contributed by atoms with Crippen molar-refractivity contribution in [3.8, 4) is 0 Å². The molecule has 1 N–H and O–H groups in total. The van der Waals surface area contributed by atoms with E-state index in [2.05, 4.69) is 26.1 Å². The molecule has 1 heterocycles. The van der Waals surface area contributed by atoms with Crippen LogP contribution in [0.15, 0.2) is 0 Å². The number of halogens is 1. The van der Waals surface area contributed by atoms with Gasteiger partial charge in [-0.25, -0.2) is 0 Å². The Kier molecular flexibility index (Phi) is 5.74.